The molecular formula is C25H28ClF4N3O3. The van der Waals surface area contributed by atoms with E-state index in [2.05, 4.69) is 5.32 Å². The quantitative estimate of drug-likeness (QED) is 0.522. The Kier molecular flexibility index (Phi) is 7.90. The van der Waals surface area contributed by atoms with Crippen LogP contribution in [0, 0.1) is 0 Å². The summed E-state index contributed by atoms with van der Waals surface area (Å²) in [6.07, 6.45) is -1.39. The number of amides is 2. The van der Waals surface area contributed by atoms with Gasteiger partial charge in [-0.25, -0.2) is 13.6 Å². The van der Waals surface area contributed by atoms with E-state index in [9.17, 15) is 18.4 Å². The van der Waals surface area contributed by atoms with Crippen LogP contribution in [0.15, 0.2) is 48.5 Å². The number of nitrogens with one attached hydrogen (secondary N) is 1. The summed E-state index contributed by atoms with van der Waals surface area (Å²) in [6, 6.07) is 7.98. The Morgan fingerprint density at radius 1 is 1.08 bits per heavy atom. The summed E-state index contributed by atoms with van der Waals surface area (Å²) in [4.78, 5) is 25.2. The van der Waals surface area contributed by atoms with Crippen LogP contribution in [0.25, 0.3) is 11.1 Å². The Morgan fingerprint density at radius 3 is 2.11 bits per heavy atom. The van der Waals surface area contributed by atoms with Gasteiger partial charge in [-0.05, 0) is 50.5 Å². The van der Waals surface area contributed by atoms with Gasteiger partial charge in [-0.15, -0.1) is 0 Å². The zero-order valence-electron chi connectivity index (χ0n) is 20.0. The number of nitrogens with two attached hydrogens (primary N) is 1. The van der Waals surface area contributed by atoms with Crippen molar-refractivity contribution in [1.82, 2.24) is 10.2 Å². The van der Waals surface area contributed by atoms with E-state index < -0.39 is 53.6 Å². The molecule has 196 valence electrons. The number of hydrogen-bond acceptors (Lipinski definition) is 4. The van der Waals surface area contributed by atoms with Gasteiger partial charge < -0.3 is 20.7 Å². The lowest BCUT2D eigenvalue weighted by atomic mass is 9.95. The van der Waals surface area contributed by atoms with Crippen molar-refractivity contribution < 1.29 is 31.9 Å². The highest BCUT2D eigenvalue weighted by Crippen LogP contribution is 2.35. The average Bonchev–Trinajstić information content (AvgIpc) is 2.78. The Balaban J connectivity index is 1.67. The van der Waals surface area contributed by atoms with Gasteiger partial charge >= 0.3 is 6.09 Å². The molecule has 0 bridgehead atoms. The Labute approximate surface area is 211 Å². The summed E-state index contributed by atoms with van der Waals surface area (Å²) in [5, 5.41) is 2.63. The molecule has 0 aromatic heterocycles. The van der Waals surface area contributed by atoms with Crippen LogP contribution in [-0.2, 0) is 15.5 Å². The van der Waals surface area contributed by atoms with Gasteiger partial charge in [0, 0.05) is 17.1 Å². The highest BCUT2D eigenvalue weighted by Gasteiger charge is 2.51. The molecule has 1 saturated heterocycles. The normalized spacial score (nSPS) is 18.9. The number of benzene rings is 2. The first-order valence-electron chi connectivity index (χ1n) is 11.3. The molecule has 6 nitrogen and oxygen atoms in total. The predicted molar refractivity (Wildman–Crippen MR) is 128 cm³/mol. The molecule has 3 N–H and O–H groups in total. The van der Waals surface area contributed by atoms with Crippen LogP contribution in [-0.4, -0.2) is 53.6 Å². The van der Waals surface area contributed by atoms with Crippen LogP contribution in [0.4, 0.5) is 22.4 Å². The van der Waals surface area contributed by atoms with E-state index in [1.54, 1.807) is 45.0 Å². The van der Waals surface area contributed by atoms with E-state index in [1.807, 2.05) is 0 Å². The molecular weight excluding hydrogens is 502 g/mol. The minimum Gasteiger partial charge on any atom is -0.444 e. The smallest absolute Gasteiger partial charge is 0.408 e. The topological polar surface area (TPSA) is 84.7 Å². The van der Waals surface area contributed by atoms with Gasteiger partial charge in [-0.1, -0.05) is 48.0 Å². The molecule has 0 spiro atoms. The Bertz CT molecular complexity index is 1090. The minimum absolute atomic E-state index is 0.284. The van der Waals surface area contributed by atoms with E-state index >= 15 is 8.78 Å². The third-order valence-electron chi connectivity index (χ3n) is 5.71. The third kappa shape index (κ3) is 6.47. The fourth-order valence-electron chi connectivity index (χ4n) is 3.81. The number of carbonyl (C=O) groups is 2. The summed E-state index contributed by atoms with van der Waals surface area (Å²) in [6.45, 7) is 3.30. The number of rotatable bonds is 5. The molecule has 3 rings (SSSR count). The van der Waals surface area contributed by atoms with Crippen molar-refractivity contribution in [2.24, 2.45) is 5.73 Å². The number of likely N-dealkylation sites (tertiary alicyclic amines) is 1. The molecule has 1 heterocycles. The molecule has 2 aromatic rings. The maximum absolute atomic E-state index is 15.1. The molecule has 0 radical (unpaired) electrons. The summed E-state index contributed by atoms with van der Waals surface area (Å²) < 4.78 is 64.5. The van der Waals surface area contributed by atoms with Crippen molar-refractivity contribution >= 4 is 23.6 Å². The van der Waals surface area contributed by atoms with E-state index in [4.69, 9.17) is 22.1 Å². The molecule has 0 aliphatic carbocycles. The molecule has 1 aliphatic rings. The second kappa shape index (κ2) is 10.3. The minimum atomic E-state index is -3.81. The molecule has 36 heavy (non-hydrogen) atoms. The number of carbonyl (C=O) groups excluding carboxylic acids is 2. The standard InChI is InChI=1S/C25H28ClF4N3O3/c1-23(2,3)36-22(35)32-19-12-13-33(14-24(19,27)28)21(34)20(31)25(29,30)17-8-4-15(5-9-17)16-6-10-18(26)11-7-16/h4-11,19-20H,12-14,31H2,1-3H3,(H,32,35). The number of alkyl halides is 4. The van der Waals surface area contributed by atoms with E-state index in [-0.39, 0.29) is 13.0 Å². The molecule has 2 atom stereocenters. The maximum Gasteiger partial charge on any atom is 0.408 e. The van der Waals surface area contributed by atoms with Crippen molar-refractivity contribution in [3.8, 4) is 11.1 Å². The first kappa shape index (κ1) is 27.7. The summed E-state index contributed by atoms with van der Waals surface area (Å²) in [5.74, 6) is -8.69. The first-order valence-corrected chi connectivity index (χ1v) is 11.6. The summed E-state index contributed by atoms with van der Waals surface area (Å²) in [5.41, 5.74) is 5.59. The number of ether oxygens (including phenoxy) is 1. The van der Waals surface area contributed by atoms with Crippen molar-refractivity contribution in [2.75, 3.05) is 13.1 Å². The van der Waals surface area contributed by atoms with E-state index in [0.29, 0.717) is 15.5 Å². The van der Waals surface area contributed by atoms with Gasteiger partial charge in [-0.2, -0.15) is 8.78 Å². The van der Waals surface area contributed by atoms with Gasteiger partial charge in [0.15, 0.2) is 6.04 Å². The fraction of sp³-hybridized carbons (Fsp3) is 0.440. The average molecular weight is 530 g/mol. The monoisotopic (exact) mass is 529 g/mol. The highest BCUT2D eigenvalue weighted by atomic mass is 35.5. The lowest BCUT2D eigenvalue weighted by Crippen LogP contribution is -2.62. The van der Waals surface area contributed by atoms with Crippen LogP contribution >= 0.6 is 11.6 Å². The molecule has 0 saturated carbocycles. The third-order valence-corrected chi connectivity index (χ3v) is 5.96. The fourth-order valence-corrected chi connectivity index (χ4v) is 3.94. The molecule has 1 fully saturated rings. The van der Waals surface area contributed by atoms with E-state index in [1.165, 1.54) is 12.1 Å². The van der Waals surface area contributed by atoms with Crippen LogP contribution in [0.2, 0.25) is 5.02 Å². The Hall–Kier alpha value is -2.85. The van der Waals surface area contributed by atoms with Crippen molar-refractivity contribution in [3.63, 3.8) is 0 Å². The van der Waals surface area contributed by atoms with Gasteiger partial charge in [0.2, 0.25) is 5.91 Å². The lowest BCUT2D eigenvalue weighted by molar-refractivity contribution is -0.155. The maximum atomic E-state index is 15.1. The number of alkyl carbamates (subject to hydrolysis) is 1. The van der Waals surface area contributed by atoms with Gasteiger partial charge in [0.05, 0.1) is 12.6 Å². The SMILES string of the molecule is CC(C)(C)OC(=O)NC1CCN(C(=O)C(N)C(F)(F)c2ccc(-c3ccc(Cl)cc3)cc2)CC1(F)F. The zero-order valence-corrected chi connectivity index (χ0v) is 20.8. The predicted octanol–water partition coefficient (Wildman–Crippen LogP) is 5.19. The van der Waals surface area contributed by atoms with Crippen LogP contribution < -0.4 is 11.1 Å². The van der Waals surface area contributed by atoms with Crippen molar-refractivity contribution in [1.29, 1.82) is 0 Å². The molecule has 11 heteroatoms. The zero-order chi connectivity index (χ0) is 26.9. The lowest BCUT2D eigenvalue weighted by Gasteiger charge is -2.40. The van der Waals surface area contributed by atoms with Crippen LogP contribution in [0.5, 0.6) is 0 Å². The van der Waals surface area contributed by atoms with Gasteiger partial charge in [0.1, 0.15) is 5.60 Å². The van der Waals surface area contributed by atoms with Crippen LogP contribution in [0.1, 0.15) is 32.8 Å². The highest BCUT2D eigenvalue weighted by molar-refractivity contribution is 6.30. The van der Waals surface area contributed by atoms with Gasteiger partial charge in [-0.3, -0.25) is 4.79 Å². The number of hydrogen-bond donors (Lipinski definition) is 2. The first-order chi connectivity index (χ1) is 16.6. The number of nitrogens with zero attached hydrogens (tertiary/aromatic N) is 1. The summed E-state index contributed by atoms with van der Waals surface area (Å²) in [7, 11) is 0. The molecule has 2 aromatic carbocycles. The second-order valence-corrected chi connectivity index (χ2v) is 10.1. The molecule has 2 unspecified atom stereocenters. The largest absolute Gasteiger partial charge is 0.444 e. The van der Waals surface area contributed by atoms with E-state index in [0.717, 1.165) is 17.7 Å². The number of piperidine rings is 1. The second-order valence-electron chi connectivity index (χ2n) is 9.69. The molecule has 1 aliphatic heterocycles. The van der Waals surface area contributed by atoms with Gasteiger partial charge in [0.25, 0.3) is 11.8 Å². The number of halogens is 5. The van der Waals surface area contributed by atoms with Crippen molar-refractivity contribution in [2.45, 2.75) is 56.7 Å². The molecule has 2 amide bonds. The Morgan fingerprint density at radius 2 is 1.61 bits per heavy atom. The van der Waals surface area contributed by atoms with Crippen LogP contribution in [0.3, 0.4) is 0 Å². The summed E-state index contributed by atoms with van der Waals surface area (Å²) >= 11 is 5.86. The van der Waals surface area contributed by atoms with Crippen molar-refractivity contribution in [3.05, 3.63) is 59.1 Å².